The van der Waals surface area contributed by atoms with Crippen LogP contribution in [0.4, 0.5) is 10.5 Å². The molecule has 1 aliphatic carbocycles. The summed E-state index contributed by atoms with van der Waals surface area (Å²) in [7, 11) is 0. The minimum Gasteiger partial charge on any atom is -0.396 e. The summed E-state index contributed by atoms with van der Waals surface area (Å²) >= 11 is 0. The summed E-state index contributed by atoms with van der Waals surface area (Å²) in [5.41, 5.74) is 0.788. The second-order valence-corrected chi connectivity index (χ2v) is 5.48. The third kappa shape index (κ3) is 4.53. The fraction of sp³-hybridized carbons (Fsp3) is 0.562. The first kappa shape index (κ1) is 14.9. The van der Waals surface area contributed by atoms with Crippen molar-refractivity contribution < 1.29 is 9.90 Å². The predicted octanol–water partition coefficient (Wildman–Crippen LogP) is 3.14. The van der Waals surface area contributed by atoms with Crippen LogP contribution >= 0.6 is 0 Å². The number of anilines is 1. The largest absolute Gasteiger partial charge is 0.396 e. The van der Waals surface area contributed by atoms with Crippen LogP contribution in [-0.2, 0) is 0 Å². The van der Waals surface area contributed by atoms with Gasteiger partial charge in [-0.25, -0.2) is 4.79 Å². The van der Waals surface area contributed by atoms with Crippen molar-refractivity contribution in [3.8, 4) is 0 Å². The van der Waals surface area contributed by atoms with Crippen LogP contribution in [0.5, 0.6) is 0 Å². The average Bonchev–Trinajstić information content (AvgIpc) is 2.49. The molecular formula is C16H24N2O2. The number of benzene rings is 1. The lowest BCUT2D eigenvalue weighted by Gasteiger charge is -2.30. The number of hydrogen-bond donors (Lipinski definition) is 3. The molecule has 0 radical (unpaired) electrons. The van der Waals surface area contributed by atoms with Gasteiger partial charge in [-0.1, -0.05) is 37.5 Å². The van der Waals surface area contributed by atoms with Gasteiger partial charge in [0.2, 0.25) is 0 Å². The number of nitrogens with one attached hydrogen (secondary N) is 2. The molecule has 1 aromatic carbocycles. The van der Waals surface area contributed by atoms with E-state index in [1.165, 1.54) is 19.3 Å². The van der Waals surface area contributed by atoms with E-state index in [4.69, 9.17) is 0 Å². The molecule has 110 valence electrons. The van der Waals surface area contributed by atoms with Crippen LogP contribution in [0.15, 0.2) is 30.3 Å². The second-order valence-electron chi connectivity index (χ2n) is 5.48. The molecule has 1 unspecified atom stereocenters. The fourth-order valence-electron chi connectivity index (χ4n) is 2.96. The molecule has 1 saturated carbocycles. The van der Waals surface area contributed by atoms with Gasteiger partial charge in [-0.3, -0.25) is 0 Å². The predicted molar refractivity (Wildman–Crippen MR) is 80.7 cm³/mol. The van der Waals surface area contributed by atoms with Crippen molar-refractivity contribution in [3.05, 3.63) is 30.3 Å². The van der Waals surface area contributed by atoms with E-state index in [0.717, 1.165) is 18.5 Å². The molecule has 1 fully saturated rings. The van der Waals surface area contributed by atoms with Crippen LogP contribution in [0.2, 0.25) is 0 Å². The van der Waals surface area contributed by atoms with Crippen LogP contribution in [0.25, 0.3) is 0 Å². The topological polar surface area (TPSA) is 61.4 Å². The Labute approximate surface area is 120 Å². The second kappa shape index (κ2) is 7.90. The van der Waals surface area contributed by atoms with Crippen LogP contribution in [-0.4, -0.2) is 23.8 Å². The van der Waals surface area contributed by atoms with Gasteiger partial charge in [-0.2, -0.15) is 0 Å². The van der Waals surface area contributed by atoms with Crippen LogP contribution < -0.4 is 10.6 Å². The van der Waals surface area contributed by atoms with Crippen molar-refractivity contribution in [1.29, 1.82) is 0 Å². The summed E-state index contributed by atoms with van der Waals surface area (Å²) in [6.07, 6.45) is 6.68. The zero-order chi connectivity index (χ0) is 14.2. The average molecular weight is 276 g/mol. The maximum atomic E-state index is 12.0. The summed E-state index contributed by atoms with van der Waals surface area (Å²) in [4.78, 5) is 12.0. The molecule has 1 atom stereocenters. The van der Waals surface area contributed by atoms with Crippen molar-refractivity contribution in [2.24, 2.45) is 5.92 Å². The zero-order valence-electron chi connectivity index (χ0n) is 11.8. The zero-order valence-corrected chi connectivity index (χ0v) is 11.8. The van der Waals surface area contributed by atoms with Crippen LogP contribution in [0, 0.1) is 5.92 Å². The van der Waals surface area contributed by atoms with E-state index >= 15 is 0 Å². The molecule has 0 aliphatic heterocycles. The van der Waals surface area contributed by atoms with Gasteiger partial charge in [0.25, 0.3) is 0 Å². The Morgan fingerprint density at radius 2 is 1.90 bits per heavy atom. The Balaban J connectivity index is 1.88. The molecule has 4 heteroatoms. The Kier molecular flexibility index (Phi) is 5.87. The molecule has 0 aromatic heterocycles. The quantitative estimate of drug-likeness (QED) is 0.773. The highest BCUT2D eigenvalue weighted by Crippen LogP contribution is 2.27. The van der Waals surface area contributed by atoms with Gasteiger partial charge in [0.1, 0.15) is 0 Å². The molecular weight excluding hydrogens is 252 g/mol. The van der Waals surface area contributed by atoms with Gasteiger partial charge in [0.15, 0.2) is 0 Å². The van der Waals surface area contributed by atoms with Crippen LogP contribution in [0.3, 0.4) is 0 Å². The highest BCUT2D eigenvalue weighted by molar-refractivity contribution is 5.89. The number of carbonyl (C=O) groups is 1. The first-order valence-electron chi connectivity index (χ1n) is 7.53. The number of aliphatic hydroxyl groups excluding tert-OH is 1. The Morgan fingerprint density at radius 3 is 2.55 bits per heavy atom. The normalized spacial score (nSPS) is 17.4. The van der Waals surface area contributed by atoms with Gasteiger partial charge in [0, 0.05) is 18.3 Å². The maximum absolute atomic E-state index is 12.0. The first-order valence-corrected chi connectivity index (χ1v) is 7.53. The van der Waals surface area contributed by atoms with Gasteiger partial charge in [-0.05, 0) is 37.3 Å². The van der Waals surface area contributed by atoms with Crippen molar-refractivity contribution in [1.82, 2.24) is 5.32 Å². The number of carbonyl (C=O) groups excluding carboxylic acids is 1. The SMILES string of the molecule is O=C(Nc1ccccc1)NC(CCO)C1CCCCC1. The summed E-state index contributed by atoms with van der Waals surface area (Å²) in [5, 5.41) is 15.1. The smallest absolute Gasteiger partial charge is 0.319 e. The highest BCUT2D eigenvalue weighted by atomic mass is 16.3. The Hall–Kier alpha value is -1.55. The molecule has 20 heavy (non-hydrogen) atoms. The molecule has 2 rings (SSSR count). The summed E-state index contributed by atoms with van der Waals surface area (Å²) < 4.78 is 0. The number of urea groups is 1. The fourth-order valence-corrected chi connectivity index (χ4v) is 2.96. The number of aliphatic hydroxyl groups is 1. The third-order valence-electron chi connectivity index (χ3n) is 4.01. The summed E-state index contributed by atoms with van der Waals surface area (Å²) in [6.45, 7) is 0.118. The molecule has 0 spiro atoms. The number of rotatable bonds is 5. The lowest BCUT2D eigenvalue weighted by molar-refractivity contribution is 0.202. The molecule has 0 saturated heterocycles. The first-order chi connectivity index (χ1) is 9.79. The standard InChI is InChI=1S/C16H24N2O2/c19-12-11-15(13-7-3-1-4-8-13)18-16(20)17-14-9-5-2-6-10-14/h2,5-6,9-10,13,15,19H,1,3-4,7-8,11-12H2,(H2,17,18,20). The van der Waals surface area contributed by atoms with Crippen molar-refractivity contribution >= 4 is 11.7 Å². The molecule has 1 aromatic rings. The number of hydrogen-bond acceptors (Lipinski definition) is 2. The molecule has 0 bridgehead atoms. The van der Waals surface area contributed by atoms with E-state index in [9.17, 15) is 9.90 Å². The van der Waals surface area contributed by atoms with E-state index in [-0.39, 0.29) is 18.7 Å². The van der Waals surface area contributed by atoms with Gasteiger partial charge in [0.05, 0.1) is 0 Å². The maximum Gasteiger partial charge on any atom is 0.319 e. The summed E-state index contributed by atoms with van der Waals surface area (Å²) in [5.74, 6) is 0.498. The van der Waals surface area contributed by atoms with E-state index in [1.54, 1.807) is 0 Å². The minimum atomic E-state index is -0.180. The Bertz CT molecular complexity index is 402. The number of para-hydroxylation sites is 1. The molecule has 0 heterocycles. The molecule has 2 amide bonds. The van der Waals surface area contributed by atoms with Crippen molar-refractivity contribution in [2.45, 2.75) is 44.6 Å². The highest BCUT2D eigenvalue weighted by Gasteiger charge is 2.24. The Morgan fingerprint density at radius 1 is 1.20 bits per heavy atom. The minimum absolute atomic E-state index is 0.0732. The van der Waals surface area contributed by atoms with E-state index < -0.39 is 0 Å². The van der Waals surface area contributed by atoms with Gasteiger partial charge >= 0.3 is 6.03 Å². The third-order valence-corrected chi connectivity index (χ3v) is 4.01. The molecule has 3 N–H and O–H groups in total. The molecule has 4 nitrogen and oxygen atoms in total. The van der Waals surface area contributed by atoms with Gasteiger partial charge < -0.3 is 15.7 Å². The molecule has 1 aliphatic rings. The lowest BCUT2D eigenvalue weighted by Crippen LogP contribution is -2.43. The van der Waals surface area contributed by atoms with Crippen molar-refractivity contribution in [2.75, 3.05) is 11.9 Å². The monoisotopic (exact) mass is 276 g/mol. The lowest BCUT2D eigenvalue weighted by atomic mass is 9.83. The van der Waals surface area contributed by atoms with Crippen molar-refractivity contribution in [3.63, 3.8) is 0 Å². The summed E-state index contributed by atoms with van der Waals surface area (Å²) in [6, 6.07) is 9.32. The van der Waals surface area contributed by atoms with E-state index in [1.807, 2.05) is 30.3 Å². The number of amides is 2. The van der Waals surface area contributed by atoms with E-state index in [0.29, 0.717) is 12.3 Å². The van der Waals surface area contributed by atoms with Crippen LogP contribution in [0.1, 0.15) is 38.5 Å². The van der Waals surface area contributed by atoms with Gasteiger partial charge in [-0.15, -0.1) is 0 Å². The van der Waals surface area contributed by atoms with E-state index in [2.05, 4.69) is 10.6 Å².